The lowest BCUT2D eigenvalue weighted by Gasteiger charge is -2.26. The molecule has 0 saturated heterocycles. The molecule has 6 nitrogen and oxygen atoms in total. The number of nitro groups is 1. The summed E-state index contributed by atoms with van der Waals surface area (Å²) in [7, 11) is 1.32. The summed E-state index contributed by atoms with van der Waals surface area (Å²) in [5.41, 5.74) is -2.53. The van der Waals surface area contributed by atoms with Crippen LogP contribution < -0.4 is 4.90 Å². The third-order valence-corrected chi connectivity index (χ3v) is 3.03. The van der Waals surface area contributed by atoms with E-state index in [0.717, 1.165) is 17.0 Å². The molecule has 0 aromatic heterocycles. The van der Waals surface area contributed by atoms with E-state index >= 15 is 0 Å². The Labute approximate surface area is 117 Å². The van der Waals surface area contributed by atoms with Gasteiger partial charge in [-0.1, -0.05) is 6.92 Å². The number of carbonyl (C=O) groups is 1. The van der Waals surface area contributed by atoms with Gasteiger partial charge in [0.25, 0.3) is 5.69 Å². The van der Waals surface area contributed by atoms with Crippen molar-refractivity contribution in [2.45, 2.75) is 25.6 Å². The first-order valence-corrected chi connectivity index (χ1v) is 5.90. The average molecular weight is 306 g/mol. The van der Waals surface area contributed by atoms with E-state index in [-0.39, 0.29) is 12.1 Å². The van der Waals surface area contributed by atoms with Gasteiger partial charge in [0.15, 0.2) is 0 Å². The summed E-state index contributed by atoms with van der Waals surface area (Å²) in [6, 6.07) is 1.39. The van der Waals surface area contributed by atoms with Gasteiger partial charge in [-0.2, -0.15) is 13.2 Å². The lowest BCUT2D eigenvalue weighted by atomic mass is 10.1. The van der Waals surface area contributed by atoms with Crippen LogP contribution >= 0.6 is 0 Å². The molecule has 0 bridgehead atoms. The van der Waals surface area contributed by atoms with Crippen LogP contribution in [0.1, 0.15) is 18.9 Å². The maximum absolute atomic E-state index is 12.9. The highest BCUT2D eigenvalue weighted by atomic mass is 19.4. The molecule has 0 aliphatic heterocycles. The highest BCUT2D eigenvalue weighted by molar-refractivity contribution is 5.78. The summed E-state index contributed by atoms with van der Waals surface area (Å²) >= 11 is 0. The Bertz CT molecular complexity index is 560. The number of rotatable bonds is 5. The fourth-order valence-electron chi connectivity index (χ4n) is 1.92. The van der Waals surface area contributed by atoms with Crippen LogP contribution in [0, 0.1) is 10.1 Å². The van der Waals surface area contributed by atoms with E-state index in [1.807, 2.05) is 0 Å². The van der Waals surface area contributed by atoms with Gasteiger partial charge in [0.2, 0.25) is 0 Å². The van der Waals surface area contributed by atoms with Crippen molar-refractivity contribution in [3.05, 3.63) is 33.9 Å². The number of anilines is 1. The molecule has 0 aliphatic rings. The van der Waals surface area contributed by atoms with Crippen LogP contribution in [-0.2, 0) is 11.0 Å². The number of carboxylic acid groups (broad SMARTS) is 1. The van der Waals surface area contributed by atoms with Gasteiger partial charge < -0.3 is 10.0 Å². The van der Waals surface area contributed by atoms with Crippen molar-refractivity contribution in [2.75, 3.05) is 11.9 Å². The van der Waals surface area contributed by atoms with Gasteiger partial charge in [0.1, 0.15) is 11.6 Å². The fraction of sp³-hybridized carbons (Fsp3) is 0.417. The topological polar surface area (TPSA) is 83.7 Å². The van der Waals surface area contributed by atoms with E-state index in [4.69, 9.17) is 5.11 Å². The molecular weight excluding hydrogens is 293 g/mol. The Morgan fingerprint density at radius 2 is 2.05 bits per heavy atom. The number of nitrogens with zero attached hydrogens (tertiary/aromatic N) is 2. The van der Waals surface area contributed by atoms with Gasteiger partial charge in [0.05, 0.1) is 4.92 Å². The van der Waals surface area contributed by atoms with Gasteiger partial charge in [-0.05, 0) is 18.6 Å². The second kappa shape index (κ2) is 5.98. The summed E-state index contributed by atoms with van der Waals surface area (Å²) in [5.74, 6) is -1.19. The van der Waals surface area contributed by atoms with Crippen LogP contribution in [0.5, 0.6) is 0 Å². The molecule has 1 aromatic carbocycles. The molecule has 1 unspecified atom stereocenters. The number of likely N-dealkylation sites (N-methyl/N-ethyl adjacent to an activating group) is 1. The maximum Gasteiger partial charge on any atom is 0.423 e. The number of hydrogen-bond donors (Lipinski definition) is 1. The van der Waals surface area contributed by atoms with Gasteiger partial charge in [-0.3, -0.25) is 10.1 Å². The molecule has 1 aromatic rings. The van der Waals surface area contributed by atoms with Crippen molar-refractivity contribution in [1.29, 1.82) is 0 Å². The van der Waals surface area contributed by atoms with Crippen LogP contribution in [0.3, 0.4) is 0 Å². The van der Waals surface area contributed by atoms with E-state index in [9.17, 15) is 28.1 Å². The summed E-state index contributed by atoms with van der Waals surface area (Å²) < 4.78 is 38.6. The third-order valence-electron chi connectivity index (χ3n) is 3.03. The van der Waals surface area contributed by atoms with Crippen molar-refractivity contribution in [3.8, 4) is 0 Å². The molecule has 0 heterocycles. The number of halogens is 3. The fourth-order valence-corrected chi connectivity index (χ4v) is 1.92. The quantitative estimate of drug-likeness (QED) is 0.668. The van der Waals surface area contributed by atoms with Crippen molar-refractivity contribution in [3.63, 3.8) is 0 Å². The number of aliphatic carboxylic acids is 1. The molecular formula is C12H13F3N2O4. The van der Waals surface area contributed by atoms with Crippen LogP contribution in [0.2, 0.25) is 0 Å². The Balaban J connectivity index is 3.34. The number of alkyl halides is 3. The predicted molar refractivity (Wildman–Crippen MR) is 68.2 cm³/mol. The minimum atomic E-state index is -4.90. The molecule has 1 rings (SSSR count). The number of benzene rings is 1. The zero-order valence-electron chi connectivity index (χ0n) is 11.2. The monoisotopic (exact) mass is 306 g/mol. The van der Waals surface area contributed by atoms with Gasteiger partial charge in [-0.25, -0.2) is 4.79 Å². The average Bonchev–Trinajstić information content (AvgIpc) is 2.37. The number of nitro benzene ring substituents is 1. The summed E-state index contributed by atoms with van der Waals surface area (Å²) in [6.07, 6.45) is -4.73. The molecule has 9 heteroatoms. The highest BCUT2D eigenvalue weighted by Crippen LogP contribution is 2.38. The van der Waals surface area contributed by atoms with Gasteiger partial charge in [-0.15, -0.1) is 0 Å². The first kappa shape index (κ1) is 16.7. The van der Waals surface area contributed by atoms with Crippen LogP contribution in [0.25, 0.3) is 0 Å². The Hall–Kier alpha value is -2.32. The van der Waals surface area contributed by atoms with E-state index in [0.29, 0.717) is 6.07 Å². The third kappa shape index (κ3) is 3.61. The molecule has 21 heavy (non-hydrogen) atoms. The smallest absolute Gasteiger partial charge is 0.423 e. The van der Waals surface area contributed by atoms with Crippen molar-refractivity contribution < 1.29 is 28.0 Å². The zero-order valence-corrected chi connectivity index (χ0v) is 11.2. The van der Waals surface area contributed by atoms with Crippen molar-refractivity contribution in [1.82, 2.24) is 0 Å². The minimum Gasteiger partial charge on any atom is -0.480 e. The summed E-state index contributed by atoms with van der Waals surface area (Å²) in [5, 5.41) is 19.7. The number of hydrogen-bond acceptors (Lipinski definition) is 4. The number of carboxylic acids is 1. The van der Waals surface area contributed by atoms with Crippen LogP contribution in [0.15, 0.2) is 18.2 Å². The first-order chi connectivity index (χ1) is 9.59. The van der Waals surface area contributed by atoms with E-state index in [2.05, 4.69) is 0 Å². The molecule has 1 N–H and O–H groups in total. The van der Waals surface area contributed by atoms with E-state index < -0.39 is 34.4 Å². The largest absolute Gasteiger partial charge is 0.480 e. The SMILES string of the molecule is CCC(C(=O)O)N(C)c1ccc([N+](=O)[O-])c(C(F)(F)F)c1. The zero-order chi connectivity index (χ0) is 16.4. The highest BCUT2D eigenvalue weighted by Gasteiger charge is 2.39. The summed E-state index contributed by atoms with van der Waals surface area (Å²) in [6.45, 7) is 1.57. The van der Waals surface area contributed by atoms with Gasteiger partial charge in [0, 0.05) is 18.8 Å². The molecule has 0 spiro atoms. The predicted octanol–water partition coefficient (Wildman–Crippen LogP) is 2.91. The molecule has 0 radical (unpaired) electrons. The molecule has 116 valence electrons. The van der Waals surface area contributed by atoms with Crippen LogP contribution in [0.4, 0.5) is 24.5 Å². The van der Waals surface area contributed by atoms with E-state index in [1.165, 1.54) is 7.05 Å². The second-order valence-corrected chi connectivity index (χ2v) is 4.33. The Morgan fingerprint density at radius 3 is 2.43 bits per heavy atom. The normalized spacial score (nSPS) is 12.8. The first-order valence-electron chi connectivity index (χ1n) is 5.90. The lowest BCUT2D eigenvalue weighted by molar-refractivity contribution is -0.388. The summed E-state index contributed by atoms with van der Waals surface area (Å²) in [4.78, 5) is 21.7. The Kier molecular flexibility index (Phi) is 4.77. The van der Waals surface area contributed by atoms with Gasteiger partial charge >= 0.3 is 12.1 Å². The second-order valence-electron chi connectivity index (χ2n) is 4.33. The Morgan fingerprint density at radius 1 is 1.48 bits per heavy atom. The molecule has 0 aliphatic carbocycles. The maximum atomic E-state index is 12.9. The molecule has 0 amide bonds. The van der Waals surface area contributed by atoms with Crippen LogP contribution in [-0.4, -0.2) is 29.1 Å². The van der Waals surface area contributed by atoms with Crippen molar-refractivity contribution in [2.24, 2.45) is 0 Å². The molecule has 1 atom stereocenters. The van der Waals surface area contributed by atoms with Crippen molar-refractivity contribution >= 4 is 17.3 Å². The standard InChI is InChI=1S/C12H13F3N2O4/c1-3-9(11(18)19)16(2)7-4-5-10(17(20)21)8(6-7)12(13,14)15/h4-6,9H,3H2,1-2H3,(H,18,19). The molecule has 0 fully saturated rings. The lowest BCUT2D eigenvalue weighted by Crippen LogP contribution is -2.38. The minimum absolute atomic E-state index is 0.0535. The molecule has 0 saturated carbocycles. The van der Waals surface area contributed by atoms with E-state index in [1.54, 1.807) is 6.92 Å².